The van der Waals surface area contributed by atoms with Crippen LogP contribution in [0, 0.1) is 6.92 Å². The summed E-state index contributed by atoms with van der Waals surface area (Å²) in [5.41, 5.74) is 0.951. The summed E-state index contributed by atoms with van der Waals surface area (Å²) in [7, 11) is 0. The van der Waals surface area contributed by atoms with Crippen LogP contribution in [-0.4, -0.2) is 14.9 Å². The molecule has 1 heterocycles. The van der Waals surface area contributed by atoms with E-state index < -0.39 is 6.10 Å². The lowest BCUT2D eigenvalue weighted by atomic mass is 10.1. The van der Waals surface area contributed by atoms with Gasteiger partial charge in [0.2, 0.25) is 0 Å². The maximum Gasteiger partial charge on any atom is 0.274 e. The molecule has 0 aliphatic rings. The van der Waals surface area contributed by atoms with Crippen LogP contribution in [0.5, 0.6) is 0 Å². The zero-order valence-electron chi connectivity index (χ0n) is 12.3. The topological polar surface area (TPSA) is 55.1 Å². The van der Waals surface area contributed by atoms with Crippen LogP contribution in [0.4, 0.5) is 0 Å². The van der Waals surface area contributed by atoms with Crippen molar-refractivity contribution < 1.29 is 5.11 Å². The zero-order chi connectivity index (χ0) is 16.6. The van der Waals surface area contributed by atoms with Gasteiger partial charge in [-0.3, -0.25) is 4.79 Å². The number of aliphatic hydroxyl groups is 1. The second kappa shape index (κ2) is 6.32. The Balaban J connectivity index is 2.03. The van der Waals surface area contributed by atoms with E-state index in [1.165, 1.54) is 4.68 Å². The Bertz CT molecular complexity index is 938. The van der Waals surface area contributed by atoms with E-state index in [9.17, 15) is 9.90 Å². The minimum atomic E-state index is -0.980. The fraction of sp³-hybridized carbons (Fsp3) is 0.176. The molecule has 0 aliphatic heterocycles. The molecule has 3 rings (SSSR count). The molecule has 1 N–H and O–H groups in total. The standard InChI is InChI=1S/C17H14Cl2N2O2/c1-10-12-4-2-3-5-13(12)17(23)21(20-10)9-16(22)14-8-11(18)6-7-15(14)19/h2-8,16,22H,9H2,1H3/t16-/m1/s1. The highest BCUT2D eigenvalue weighted by Crippen LogP contribution is 2.27. The van der Waals surface area contributed by atoms with E-state index in [0.717, 1.165) is 11.1 Å². The molecule has 118 valence electrons. The molecule has 6 heteroatoms. The van der Waals surface area contributed by atoms with Gasteiger partial charge in [-0.15, -0.1) is 0 Å². The number of halogens is 2. The van der Waals surface area contributed by atoms with E-state index in [4.69, 9.17) is 23.2 Å². The Labute approximate surface area is 142 Å². The SMILES string of the molecule is Cc1nn(C[C@@H](O)c2cc(Cl)ccc2Cl)c(=O)c2ccccc12. The molecule has 0 radical (unpaired) electrons. The fourth-order valence-electron chi connectivity index (χ4n) is 2.56. The van der Waals surface area contributed by atoms with Gasteiger partial charge in [0.25, 0.3) is 5.56 Å². The Morgan fingerprint density at radius 3 is 2.61 bits per heavy atom. The van der Waals surface area contributed by atoms with Crippen LogP contribution in [-0.2, 0) is 6.54 Å². The van der Waals surface area contributed by atoms with Crippen LogP contribution in [0.1, 0.15) is 17.4 Å². The summed E-state index contributed by atoms with van der Waals surface area (Å²) in [6, 6.07) is 12.1. The fourth-order valence-corrected chi connectivity index (χ4v) is 2.98. The molecule has 0 fully saturated rings. The Kier molecular flexibility index (Phi) is 4.39. The van der Waals surface area contributed by atoms with Crippen LogP contribution >= 0.6 is 23.2 Å². The van der Waals surface area contributed by atoms with Crippen LogP contribution in [0.15, 0.2) is 47.3 Å². The average molecular weight is 349 g/mol. The second-order valence-electron chi connectivity index (χ2n) is 5.30. The predicted octanol–water partition coefficient (Wildman–Crippen LogP) is 3.75. The van der Waals surface area contributed by atoms with E-state index in [2.05, 4.69) is 5.10 Å². The smallest absolute Gasteiger partial charge is 0.274 e. The highest BCUT2D eigenvalue weighted by Gasteiger charge is 2.16. The first-order valence-electron chi connectivity index (χ1n) is 7.07. The van der Waals surface area contributed by atoms with Crippen molar-refractivity contribution in [1.29, 1.82) is 0 Å². The maximum atomic E-state index is 12.5. The zero-order valence-corrected chi connectivity index (χ0v) is 13.8. The lowest BCUT2D eigenvalue weighted by molar-refractivity contribution is 0.149. The molecule has 4 nitrogen and oxygen atoms in total. The molecule has 0 saturated heterocycles. The molecule has 0 unspecified atom stereocenters. The van der Waals surface area contributed by atoms with Crippen molar-refractivity contribution in [1.82, 2.24) is 9.78 Å². The van der Waals surface area contributed by atoms with Crippen molar-refractivity contribution in [3.63, 3.8) is 0 Å². The van der Waals surface area contributed by atoms with Gasteiger partial charge >= 0.3 is 0 Å². The summed E-state index contributed by atoms with van der Waals surface area (Å²) >= 11 is 12.0. The summed E-state index contributed by atoms with van der Waals surface area (Å²) in [5, 5.41) is 17.0. The minimum Gasteiger partial charge on any atom is -0.386 e. The molecule has 1 aromatic heterocycles. The van der Waals surface area contributed by atoms with Gasteiger partial charge in [0, 0.05) is 21.0 Å². The molecule has 0 spiro atoms. The van der Waals surface area contributed by atoms with Crippen molar-refractivity contribution in [2.24, 2.45) is 0 Å². The third-order valence-electron chi connectivity index (χ3n) is 3.72. The normalized spacial score (nSPS) is 12.5. The molecular formula is C17H14Cl2N2O2. The highest BCUT2D eigenvalue weighted by molar-refractivity contribution is 6.33. The first kappa shape index (κ1) is 16.0. The molecular weight excluding hydrogens is 335 g/mol. The highest BCUT2D eigenvalue weighted by atomic mass is 35.5. The van der Waals surface area contributed by atoms with Gasteiger partial charge in [-0.05, 0) is 31.2 Å². The van der Waals surface area contributed by atoms with Crippen LogP contribution in [0.2, 0.25) is 10.0 Å². The number of nitrogens with zero attached hydrogens (tertiary/aromatic N) is 2. The van der Waals surface area contributed by atoms with Crippen molar-refractivity contribution in [2.75, 3.05) is 0 Å². The minimum absolute atomic E-state index is 0.00453. The Morgan fingerprint density at radius 1 is 1.17 bits per heavy atom. The van der Waals surface area contributed by atoms with Gasteiger partial charge in [-0.25, -0.2) is 4.68 Å². The number of fused-ring (bicyclic) bond motifs is 1. The van der Waals surface area contributed by atoms with Gasteiger partial charge in [0.05, 0.1) is 17.6 Å². The predicted molar refractivity (Wildman–Crippen MR) is 92.2 cm³/mol. The monoisotopic (exact) mass is 348 g/mol. The largest absolute Gasteiger partial charge is 0.386 e. The van der Waals surface area contributed by atoms with Crippen LogP contribution in [0.25, 0.3) is 10.8 Å². The number of rotatable bonds is 3. The van der Waals surface area contributed by atoms with E-state index in [-0.39, 0.29) is 12.1 Å². The number of aryl methyl sites for hydroxylation is 1. The third kappa shape index (κ3) is 3.11. The van der Waals surface area contributed by atoms with Gasteiger partial charge in [0.15, 0.2) is 0 Å². The molecule has 0 aliphatic carbocycles. The van der Waals surface area contributed by atoms with Crippen molar-refractivity contribution in [3.8, 4) is 0 Å². The van der Waals surface area contributed by atoms with Gasteiger partial charge in [0.1, 0.15) is 6.10 Å². The van der Waals surface area contributed by atoms with Gasteiger partial charge < -0.3 is 5.11 Å². The van der Waals surface area contributed by atoms with Crippen molar-refractivity contribution in [2.45, 2.75) is 19.6 Å². The first-order chi connectivity index (χ1) is 11.0. The maximum absolute atomic E-state index is 12.5. The summed E-state index contributed by atoms with van der Waals surface area (Å²) in [4.78, 5) is 12.5. The summed E-state index contributed by atoms with van der Waals surface area (Å²) in [6.45, 7) is 1.83. The number of benzene rings is 2. The van der Waals surface area contributed by atoms with Crippen LogP contribution in [0.3, 0.4) is 0 Å². The lowest BCUT2D eigenvalue weighted by Gasteiger charge is -2.15. The Morgan fingerprint density at radius 2 is 1.87 bits per heavy atom. The average Bonchev–Trinajstić information content (AvgIpc) is 2.54. The lowest BCUT2D eigenvalue weighted by Crippen LogP contribution is -2.27. The van der Waals surface area contributed by atoms with E-state index in [0.29, 0.717) is 21.0 Å². The quantitative estimate of drug-likeness (QED) is 0.784. The third-order valence-corrected chi connectivity index (χ3v) is 4.29. The molecule has 0 amide bonds. The molecule has 3 aromatic rings. The molecule has 2 aromatic carbocycles. The van der Waals surface area contributed by atoms with Crippen molar-refractivity contribution >= 4 is 34.0 Å². The molecule has 0 bridgehead atoms. The summed E-state index contributed by atoms with van der Waals surface area (Å²) < 4.78 is 1.26. The van der Waals surface area contributed by atoms with E-state index in [1.807, 2.05) is 19.1 Å². The number of aromatic nitrogens is 2. The summed E-state index contributed by atoms with van der Waals surface area (Å²) in [5.74, 6) is 0. The number of aliphatic hydroxyl groups excluding tert-OH is 1. The van der Waals surface area contributed by atoms with Crippen LogP contribution < -0.4 is 5.56 Å². The van der Waals surface area contributed by atoms with Gasteiger partial charge in [-0.2, -0.15) is 5.10 Å². The summed E-state index contributed by atoms with van der Waals surface area (Å²) in [6.07, 6.45) is -0.980. The number of hydrogen-bond donors (Lipinski definition) is 1. The molecule has 1 atom stereocenters. The number of hydrogen-bond acceptors (Lipinski definition) is 3. The molecule has 23 heavy (non-hydrogen) atoms. The molecule has 0 saturated carbocycles. The van der Waals surface area contributed by atoms with Crippen molar-refractivity contribution in [3.05, 3.63) is 74.1 Å². The van der Waals surface area contributed by atoms with E-state index in [1.54, 1.807) is 30.3 Å². The van der Waals surface area contributed by atoms with E-state index >= 15 is 0 Å². The van der Waals surface area contributed by atoms with Gasteiger partial charge in [-0.1, -0.05) is 41.4 Å². The Hall–Kier alpha value is -1.88. The second-order valence-corrected chi connectivity index (χ2v) is 6.14. The first-order valence-corrected chi connectivity index (χ1v) is 7.82.